The Morgan fingerprint density at radius 2 is 1.72 bits per heavy atom. The van der Waals surface area contributed by atoms with Gasteiger partial charge in [0.25, 0.3) is 5.91 Å². The lowest BCUT2D eigenvalue weighted by molar-refractivity contribution is -0.115. The molecule has 3 aromatic carbocycles. The van der Waals surface area contributed by atoms with Gasteiger partial charge in [-0.3, -0.25) is 14.5 Å². The van der Waals surface area contributed by atoms with E-state index in [2.05, 4.69) is 5.32 Å². The number of carbonyl (C=O) groups is 2. The molecule has 3 aromatic rings. The topological polar surface area (TPSA) is 49.4 Å². The van der Waals surface area contributed by atoms with Crippen molar-refractivity contribution >= 4 is 46.6 Å². The summed E-state index contributed by atoms with van der Waals surface area (Å²) in [5, 5.41) is 3.07. The molecule has 2 amide bonds. The Kier molecular flexibility index (Phi) is 5.56. The number of amides is 2. The summed E-state index contributed by atoms with van der Waals surface area (Å²) in [5.41, 5.74) is 2.25. The lowest BCUT2D eigenvalue weighted by atomic mass is 10.1. The van der Waals surface area contributed by atoms with Crippen molar-refractivity contribution in [3.63, 3.8) is 0 Å². The lowest BCUT2D eigenvalue weighted by Crippen LogP contribution is -2.28. The summed E-state index contributed by atoms with van der Waals surface area (Å²) in [5.74, 6) is -0.521. The van der Waals surface area contributed by atoms with E-state index in [4.69, 9.17) is 11.6 Å². The highest BCUT2D eigenvalue weighted by atomic mass is 35.5. The van der Waals surface area contributed by atoms with Crippen molar-refractivity contribution < 1.29 is 14.0 Å². The van der Waals surface area contributed by atoms with Gasteiger partial charge in [-0.15, -0.1) is 11.8 Å². The summed E-state index contributed by atoms with van der Waals surface area (Å²) in [4.78, 5) is 26.2. The maximum atomic E-state index is 14.2. The molecule has 0 bridgehead atoms. The second kappa shape index (κ2) is 8.27. The van der Waals surface area contributed by atoms with Crippen molar-refractivity contribution in [3.05, 3.63) is 94.8 Å². The van der Waals surface area contributed by atoms with Gasteiger partial charge in [0.2, 0.25) is 5.91 Å². The molecule has 0 aliphatic carbocycles. The van der Waals surface area contributed by atoms with Gasteiger partial charge in [-0.25, -0.2) is 4.39 Å². The number of thioether (sulfide) groups is 1. The van der Waals surface area contributed by atoms with Crippen LogP contribution in [-0.2, 0) is 4.79 Å². The Morgan fingerprint density at radius 3 is 2.41 bits per heavy atom. The minimum Gasteiger partial charge on any atom is -0.322 e. The summed E-state index contributed by atoms with van der Waals surface area (Å²) in [7, 11) is 0. The SMILES string of the molecule is O=C(Nc1ccc([C@H]2SCC(=O)N2c2ccccc2F)cc1)c1ccc(Cl)cc1. The molecular weight excluding hydrogens is 411 g/mol. The standard InChI is InChI=1S/C22H16ClFN2O2S/c23-16-9-5-14(6-10-16)21(28)25-17-11-7-15(8-12-17)22-26(20(27)13-29-22)19-4-2-1-3-18(19)24/h1-12,22H,13H2,(H,25,28)/t22-/m1/s1. The van der Waals surface area contributed by atoms with E-state index >= 15 is 0 Å². The Bertz CT molecular complexity index is 1060. The molecule has 1 fully saturated rings. The van der Waals surface area contributed by atoms with Crippen LogP contribution >= 0.6 is 23.4 Å². The number of benzene rings is 3. The van der Waals surface area contributed by atoms with E-state index in [1.807, 2.05) is 12.1 Å². The number of rotatable bonds is 4. The van der Waals surface area contributed by atoms with E-state index in [1.165, 1.54) is 22.7 Å². The van der Waals surface area contributed by atoms with Crippen molar-refractivity contribution in [1.82, 2.24) is 0 Å². The van der Waals surface area contributed by atoms with Crippen LogP contribution in [0.15, 0.2) is 72.8 Å². The predicted molar refractivity (Wildman–Crippen MR) is 115 cm³/mol. The molecule has 1 N–H and O–H groups in total. The van der Waals surface area contributed by atoms with Crippen LogP contribution < -0.4 is 10.2 Å². The van der Waals surface area contributed by atoms with E-state index < -0.39 is 5.82 Å². The largest absolute Gasteiger partial charge is 0.322 e. The van der Waals surface area contributed by atoms with Gasteiger partial charge < -0.3 is 5.32 Å². The minimum atomic E-state index is -0.430. The van der Waals surface area contributed by atoms with Crippen LogP contribution in [0.2, 0.25) is 5.02 Å². The Labute approximate surface area is 176 Å². The number of nitrogens with zero attached hydrogens (tertiary/aromatic N) is 1. The zero-order valence-electron chi connectivity index (χ0n) is 15.1. The average molecular weight is 427 g/mol. The van der Waals surface area contributed by atoms with Gasteiger partial charge in [0.05, 0.1) is 11.4 Å². The van der Waals surface area contributed by atoms with Gasteiger partial charge in [0.15, 0.2) is 0 Å². The second-order valence-corrected chi connectivity index (χ2v) is 7.97. The van der Waals surface area contributed by atoms with E-state index in [9.17, 15) is 14.0 Å². The highest BCUT2D eigenvalue weighted by Crippen LogP contribution is 2.42. The molecule has 1 heterocycles. The molecule has 1 saturated heterocycles. The maximum Gasteiger partial charge on any atom is 0.255 e. The van der Waals surface area contributed by atoms with E-state index in [0.717, 1.165) is 5.56 Å². The smallest absolute Gasteiger partial charge is 0.255 e. The first-order valence-electron chi connectivity index (χ1n) is 8.88. The fourth-order valence-electron chi connectivity index (χ4n) is 3.11. The lowest BCUT2D eigenvalue weighted by Gasteiger charge is -2.24. The Morgan fingerprint density at radius 1 is 1.03 bits per heavy atom. The normalized spacial score (nSPS) is 16.1. The van der Waals surface area contributed by atoms with Crippen molar-refractivity contribution in [3.8, 4) is 0 Å². The molecule has 0 radical (unpaired) electrons. The summed E-state index contributed by atoms with van der Waals surface area (Å²) >= 11 is 7.29. The van der Waals surface area contributed by atoms with E-state index in [1.54, 1.807) is 54.6 Å². The molecular formula is C22H16ClFN2O2S. The number of para-hydroxylation sites is 1. The first-order chi connectivity index (χ1) is 14.0. The Hall–Kier alpha value is -2.83. The molecule has 146 valence electrons. The first-order valence-corrected chi connectivity index (χ1v) is 10.3. The molecule has 4 rings (SSSR count). The van der Waals surface area contributed by atoms with Crippen molar-refractivity contribution in [1.29, 1.82) is 0 Å². The van der Waals surface area contributed by atoms with Gasteiger partial charge in [-0.1, -0.05) is 35.9 Å². The molecule has 1 aliphatic heterocycles. The zero-order chi connectivity index (χ0) is 20.4. The quantitative estimate of drug-likeness (QED) is 0.598. The highest BCUT2D eigenvalue weighted by Gasteiger charge is 2.35. The van der Waals surface area contributed by atoms with Gasteiger partial charge in [0.1, 0.15) is 11.2 Å². The molecule has 1 atom stereocenters. The molecule has 0 saturated carbocycles. The van der Waals surface area contributed by atoms with Gasteiger partial charge in [-0.05, 0) is 54.1 Å². The van der Waals surface area contributed by atoms with Crippen LogP contribution in [0.3, 0.4) is 0 Å². The van der Waals surface area contributed by atoms with Crippen molar-refractivity contribution in [2.45, 2.75) is 5.37 Å². The van der Waals surface area contributed by atoms with Crippen LogP contribution in [0.4, 0.5) is 15.8 Å². The third kappa shape index (κ3) is 4.13. The monoisotopic (exact) mass is 426 g/mol. The number of carbonyl (C=O) groups excluding carboxylic acids is 2. The van der Waals surface area contributed by atoms with Crippen LogP contribution in [0, 0.1) is 5.82 Å². The summed E-state index contributed by atoms with van der Waals surface area (Å²) in [6.45, 7) is 0. The number of halogens is 2. The highest BCUT2D eigenvalue weighted by molar-refractivity contribution is 8.00. The van der Waals surface area contributed by atoms with Gasteiger partial charge in [-0.2, -0.15) is 0 Å². The third-order valence-electron chi connectivity index (χ3n) is 4.54. The predicted octanol–water partition coefficient (Wildman–Crippen LogP) is 5.51. The second-order valence-electron chi connectivity index (χ2n) is 6.46. The van der Waals surface area contributed by atoms with Gasteiger partial charge in [0, 0.05) is 16.3 Å². The summed E-state index contributed by atoms with van der Waals surface area (Å²) < 4.78 is 14.2. The zero-order valence-corrected chi connectivity index (χ0v) is 16.7. The number of anilines is 2. The summed E-state index contributed by atoms with van der Waals surface area (Å²) in [6.07, 6.45) is 0. The maximum absolute atomic E-state index is 14.2. The number of nitrogens with one attached hydrogen (secondary N) is 1. The van der Waals surface area contributed by atoms with Crippen LogP contribution in [0.5, 0.6) is 0 Å². The van der Waals surface area contributed by atoms with E-state index in [-0.39, 0.29) is 28.6 Å². The molecule has 29 heavy (non-hydrogen) atoms. The average Bonchev–Trinajstić information content (AvgIpc) is 3.10. The number of hydrogen-bond donors (Lipinski definition) is 1. The molecule has 7 heteroatoms. The van der Waals surface area contributed by atoms with Crippen LogP contribution in [0.1, 0.15) is 21.3 Å². The molecule has 0 aromatic heterocycles. The fraction of sp³-hybridized carbons (Fsp3) is 0.0909. The van der Waals surface area contributed by atoms with Crippen LogP contribution in [-0.4, -0.2) is 17.6 Å². The van der Waals surface area contributed by atoms with Crippen LogP contribution in [0.25, 0.3) is 0 Å². The first kappa shape index (κ1) is 19.5. The molecule has 0 unspecified atom stereocenters. The third-order valence-corrected chi connectivity index (χ3v) is 6.00. The van der Waals surface area contributed by atoms with Crippen molar-refractivity contribution in [2.24, 2.45) is 0 Å². The summed E-state index contributed by atoms with van der Waals surface area (Å²) in [6, 6.07) is 20.1. The minimum absolute atomic E-state index is 0.134. The molecule has 1 aliphatic rings. The van der Waals surface area contributed by atoms with E-state index in [0.29, 0.717) is 16.3 Å². The molecule has 4 nitrogen and oxygen atoms in total. The number of hydrogen-bond acceptors (Lipinski definition) is 3. The van der Waals surface area contributed by atoms with Crippen molar-refractivity contribution in [2.75, 3.05) is 16.0 Å². The fourth-order valence-corrected chi connectivity index (χ4v) is 4.41. The Balaban J connectivity index is 1.52. The molecule has 0 spiro atoms. The van der Waals surface area contributed by atoms with Gasteiger partial charge >= 0.3 is 0 Å².